The fourth-order valence-electron chi connectivity index (χ4n) is 15.1. The number of carboxylic acids is 1. The van der Waals surface area contributed by atoms with E-state index in [1.54, 1.807) is 65.0 Å². The van der Waals surface area contributed by atoms with Crippen LogP contribution in [0.5, 0.6) is 0 Å². The molecule has 3 saturated carbocycles. The zero-order valence-electron chi connectivity index (χ0n) is 69.1. The van der Waals surface area contributed by atoms with Crippen LogP contribution in [0.1, 0.15) is 168 Å². The number of aromatic nitrogens is 12. The number of carbonyl (C=O) groups is 5. The molecule has 3 aliphatic carbocycles. The summed E-state index contributed by atoms with van der Waals surface area (Å²) in [7, 11) is 0. The number of anilines is 6. The predicted octanol–water partition coefficient (Wildman–Crippen LogP) is 16.5. The van der Waals surface area contributed by atoms with Crippen molar-refractivity contribution in [2.45, 2.75) is 148 Å². The molecule has 3 atom stereocenters. The molecule has 2 amide bonds. The first-order chi connectivity index (χ1) is 59.9. The number of amides is 2. The first kappa shape index (κ1) is 85.5. The number of nitrogens with zero attached hydrogens (tertiary/aromatic N) is 17. The van der Waals surface area contributed by atoms with E-state index in [0.717, 1.165) is 169 Å². The van der Waals surface area contributed by atoms with Crippen molar-refractivity contribution in [1.82, 2.24) is 74.4 Å². The number of benzene rings is 5. The minimum Gasteiger partial charge on any atom is -0.478 e. The first-order valence-electron chi connectivity index (χ1n) is 42.0. The van der Waals surface area contributed by atoms with Crippen molar-refractivity contribution in [3.05, 3.63) is 234 Å². The van der Waals surface area contributed by atoms with E-state index in [1.807, 2.05) is 175 Å². The molecule has 30 nitrogen and oxygen atoms in total. The Labute approximate surface area is 715 Å². The molecular formula is C93H102N22O8. The van der Waals surface area contributed by atoms with Gasteiger partial charge in [0.1, 0.15) is 13.2 Å². The molecule has 0 radical (unpaired) electrons. The number of Topliss-reactive ketones (excluding diaryl/α,β-unsaturated/α-hetero) is 2. The van der Waals surface area contributed by atoms with Crippen molar-refractivity contribution in [2.75, 3.05) is 55.2 Å². The normalized spacial score (nSPS) is 16.0. The molecule has 17 rings (SSSR count). The Bertz CT molecular complexity index is 5580. The van der Waals surface area contributed by atoms with Crippen LogP contribution in [-0.2, 0) is 22.7 Å². The number of hydrogen-bond acceptors (Lipinski definition) is 24. The van der Waals surface area contributed by atoms with Gasteiger partial charge in [-0.15, -0.1) is 0 Å². The lowest BCUT2D eigenvalue weighted by Crippen LogP contribution is -2.39. The van der Waals surface area contributed by atoms with Crippen LogP contribution in [0, 0.1) is 84.4 Å². The zero-order valence-corrected chi connectivity index (χ0v) is 69.1. The van der Waals surface area contributed by atoms with E-state index in [9.17, 15) is 34.5 Å². The van der Waals surface area contributed by atoms with Crippen molar-refractivity contribution >= 4 is 64.6 Å². The molecule has 30 heteroatoms. The van der Waals surface area contributed by atoms with E-state index >= 15 is 0 Å². The van der Waals surface area contributed by atoms with Crippen LogP contribution in [-0.4, -0.2) is 149 Å². The molecule has 6 aliphatic rings. The molecule has 5 aromatic carbocycles. The number of ketones is 2. The number of carboxylic acid groups (broad SMARTS) is 1. The Hall–Kier alpha value is -13.9. The topological polar surface area (TPSA) is 407 Å². The predicted molar refractivity (Wildman–Crippen MR) is 464 cm³/mol. The molecule has 3 saturated heterocycles. The molecule has 6 aromatic heterocycles. The van der Waals surface area contributed by atoms with Gasteiger partial charge in [0.15, 0.2) is 11.6 Å². The van der Waals surface area contributed by atoms with Gasteiger partial charge in [-0.1, -0.05) is 121 Å². The number of hydrogen-bond donors (Lipinski definition) is 6. The molecule has 9 heterocycles. The van der Waals surface area contributed by atoms with Crippen LogP contribution in [0.2, 0.25) is 0 Å². The van der Waals surface area contributed by atoms with Crippen LogP contribution >= 0.6 is 0 Å². The van der Waals surface area contributed by atoms with Gasteiger partial charge in [0, 0.05) is 105 Å². The Morgan fingerprint density at radius 2 is 0.789 bits per heavy atom. The second kappa shape index (κ2) is 40.9. The van der Waals surface area contributed by atoms with Crippen molar-refractivity contribution in [3.8, 4) is 52.0 Å². The molecule has 632 valence electrons. The van der Waals surface area contributed by atoms with E-state index in [2.05, 4.69) is 68.6 Å². The van der Waals surface area contributed by atoms with E-state index in [-0.39, 0.29) is 80.3 Å². The fraction of sp³-hybridized carbons (Fsp3) is 0.366. The molecule has 0 spiro atoms. The number of ether oxygens (including phenoxy) is 2. The van der Waals surface area contributed by atoms with Gasteiger partial charge >= 0.3 is 18.2 Å². The average molecular weight is 1660 g/mol. The summed E-state index contributed by atoms with van der Waals surface area (Å²) in [5, 5.41) is 62.7. The minimum atomic E-state index is -0.969. The number of nitrogens with one attached hydrogen (secondary N) is 4. The number of aromatic carboxylic acids is 1. The van der Waals surface area contributed by atoms with Crippen molar-refractivity contribution in [1.29, 1.82) is 15.8 Å². The van der Waals surface area contributed by atoms with Gasteiger partial charge in [-0.05, 0) is 169 Å². The molecule has 11 aromatic rings. The summed E-state index contributed by atoms with van der Waals surface area (Å²) in [6.45, 7) is 10.8. The Morgan fingerprint density at radius 3 is 1.10 bits per heavy atom. The highest BCUT2D eigenvalue weighted by atomic mass is 16.6. The van der Waals surface area contributed by atoms with Gasteiger partial charge < -0.3 is 51.4 Å². The number of carbonyl (C=O) groups excluding carboxylic acids is 4. The van der Waals surface area contributed by atoms with Gasteiger partial charge in [-0.2, -0.15) is 31.1 Å². The van der Waals surface area contributed by atoms with Crippen LogP contribution in [0.4, 0.5) is 44.5 Å². The van der Waals surface area contributed by atoms with E-state index in [4.69, 9.17) is 35.5 Å². The summed E-state index contributed by atoms with van der Waals surface area (Å²) in [5.74, 6) is 1.38. The number of rotatable bonds is 26. The van der Waals surface area contributed by atoms with Gasteiger partial charge in [0.2, 0.25) is 17.8 Å². The summed E-state index contributed by atoms with van der Waals surface area (Å²) in [5.41, 5.74) is 18.8. The highest BCUT2D eigenvalue weighted by Gasteiger charge is 2.35. The maximum absolute atomic E-state index is 12.7. The number of nitrogens with two attached hydrogens (primary N) is 1. The van der Waals surface area contributed by atoms with Crippen LogP contribution in [0.3, 0.4) is 0 Å². The molecule has 3 aliphatic heterocycles. The van der Waals surface area contributed by atoms with Gasteiger partial charge in [-0.25, -0.2) is 44.3 Å². The van der Waals surface area contributed by atoms with Crippen LogP contribution in [0.15, 0.2) is 189 Å². The molecule has 0 bridgehead atoms. The lowest BCUT2D eigenvalue weighted by Gasteiger charge is -2.31. The number of piperidine rings is 3. The van der Waals surface area contributed by atoms with Crippen molar-refractivity contribution < 1.29 is 40.0 Å². The maximum atomic E-state index is 12.7. The third kappa shape index (κ3) is 23.6. The Kier molecular flexibility index (Phi) is 28.4. The number of aryl methyl sites for hydroxylation is 3. The largest absolute Gasteiger partial charge is 0.478 e. The Morgan fingerprint density at radius 1 is 0.455 bits per heavy atom. The maximum Gasteiger partial charge on any atom is 0.410 e. The van der Waals surface area contributed by atoms with Gasteiger partial charge in [0.05, 0.1) is 113 Å². The first-order valence-corrected chi connectivity index (χ1v) is 42.0. The highest BCUT2D eigenvalue weighted by Crippen LogP contribution is 2.41. The van der Waals surface area contributed by atoms with E-state index < -0.39 is 5.97 Å². The quantitative estimate of drug-likeness (QED) is 0.0274. The van der Waals surface area contributed by atoms with Crippen LogP contribution < -0.4 is 27.0 Å². The van der Waals surface area contributed by atoms with Gasteiger partial charge in [0.25, 0.3) is 0 Å². The van der Waals surface area contributed by atoms with E-state index in [0.29, 0.717) is 85.4 Å². The Balaban J connectivity index is 0.000000154. The lowest BCUT2D eigenvalue weighted by atomic mass is 9.94. The van der Waals surface area contributed by atoms with E-state index in [1.165, 1.54) is 0 Å². The monoisotopic (exact) mass is 1650 g/mol. The second-order valence-corrected chi connectivity index (χ2v) is 32.1. The highest BCUT2D eigenvalue weighted by molar-refractivity contribution is 5.97. The number of nitriles is 3. The standard InChI is InChI=1S/C34H35N7O3.C28H28N6O4.C26H29N7O.C5H8N2.H2/c1-23-19-36-33(39-32(23)27-11-9-26(10-12-27)31(42)17-28(18-35)25-7-8-25)38-29-20-37-41(21-29)30-13-15-40(16-14-30)34(43)44-22-24-5-3-2-4-6-24;1-19-15-29-27(32-25(19)21-7-9-22(10-8-21)26(35)36)31-23-16-30-34(17-23)24-11-13-33(14-12-24)28(37)38-18-20-5-3-2-4-6-20;1-17-14-29-26(31-22-15-30-33(16-22)23-8-10-28-11-9-23)32-25(17)20-6-4-19(5-7-20)24(34)12-21(13-27)18-2-3-18;6-3-5(7)4-1-2-4;/h2-6,9-12,19-21,25,28,30H,7-8,13-17,22H2,1H3,(H,36,38,39);2-10,15-17,24H,11-14,18H2,1H3,(H,35,36)(H,29,31,32);4-7,14-16,18,21,23,28H,2-3,8-12H2,1H3,(H,29,31,32);4-5H,1-2,7H2;1H/t28-;;21-;5-;/m1.11./s1. The van der Waals surface area contributed by atoms with Crippen molar-refractivity contribution in [2.24, 2.45) is 35.3 Å². The third-order valence-corrected chi connectivity index (χ3v) is 22.9. The van der Waals surface area contributed by atoms with Crippen LogP contribution in [0.25, 0.3) is 33.8 Å². The summed E-state index contributed by atoms with van der Waals surface area (Å²) in [6, 6.07) is 48.0. The minimum absolute atomic E-state index is 0. The zero-order chi connectivity index (χ0) is 85.7. The molecule has 7 N–H and O–H groups in total. The summed E-state index contributed by atoms with van der Waals surface area (Å²) >= 11 is 0. The van der Waals surface area contributed by atoms with Gasteiger partial charge in [-0.3, -0.25) is 23.6 Å². The molecule has 123 heavy (non-hydrogen) atoms. The SMILES string of the molecule is Cc1cnc(Nc2cnn(C3CCN(C(=O)OCc4ccccc4)CC3)c2)nc1-c1ccc(C(=O)C[C@H](C#N)C2CC2)cc1.Cc1cnc(Nc2cnn(C3CCN(C(=O)OCc4ccccc4)CC3)c2)nc1-c1ccc(C(=O)O)cc1.Cc1cnc(Nc2cnn(C3CCNCC3)c2)nc1-c1ccc(C(=O)C[C@H](C#N)C2CC2)cc1.N#C[C@@H](N)C1CC1.[HH]. The summed E-state index contributed by atoms with van der Waals surface area (Å²) < 4.78 is 16.8. The third-order valence-electron chi connectivity index (χ3n) is 22.9. The summed E-state index contributed by atoms with van der Waals surface area (Å²) in [4.78, 5) is 92.4. The molecular weight excluding hydrogens is 1550 g/mol. The molecule has 0 unspecified atom stereocenters. The fourth-order valence-corrected chi connectivity index (χ4v) is 15.1. The lowest BCUT2D eigenvalue weighted by molar-refractivity contribution is 0.0695. The summed E-state index contributed by atoms with van der Waals surface area (Å²) in [6.07, 6.45) is 28.2. The second-order valence-electron chi connectivity index (χ2n) is 32.1. The van der Waals surface area contributed by atoms with Crippen molar-refractivity contribution in [3.63, 3.8) is 0 Å². The smallest absolute Gasteiger partial charge is 0.410 e. The average Bonchev–Trinajstić information content (AvgIpc) is 1.52. The number of likely N-dealkylation sites (tertiary alicyclic amines) is 2. The molecule has 6 fully saturated rings.